The number of fused-ring (bicyclic) bond motifs is 1. The fourth-order valence-electron chi connectivity index (χ4n) is 1.97. The van der Waals surface area contributed by atoms with Crippen molar-refractivity contribution >= 4 is 11.6 Å². The average Bonchev–Trinajstić information content (AvgIpc) is 2.57. The van der Waals surface area contributed by atoms with Gasteiger partial charge >= 0.3 is 0 Å². The van der Waals surface area contributed by atoms with Crippen LogP contribution in [-0.2, 0) is 19.1 Å². The van der Waals surface area contributed by atoms with Gasteiger partial charge in [0.25, 0.3) is 0 Å². The van der Waals surface area contributed by atoms with Gasteiger partial charge in [0, 0.05) is 25.4 Å². The third-order valence-electron chi connectivity index (χ3n) is 2.83. The van der Waals surface area contributed by atoms with Crippen LogP contribution < -0.4 is 5.73 Å². The van der Waals surface area contributed by atoms with Gasteiger partial charge in [-0.15, -0.1) is 0 Å². The lowest BCUT2D eigenvalue weighted by Gasteiger charge is -2.20. The maximum Gasteiger partial charge on any atom is 0.112 e. The Morgan fingerprint density at radius 2 is 2.46 bits per heavy atom. The molecular formula is C9H13ClN2O. The Morgan fingerprint density at radius 1 is 1.77 bits per heavy atom. The molecule has 1 aromatic heterocycles. The van der Waals surface area contributed by atoms with E-state index in [0.29, 0.717) is 6.42 Å². The zero-order valence-corrected chi connectivity index (χ0v) is 8.30. The highest BCUT2D eigenvalue weighted by atomic mass is 35.5. The van der Waals surface area contributed by atoms with E-state index >= 15 is 0 Å². The Balaban J connectivity index is 2.54. The number of aromatic nitrogens is 1. The summed E-state index contributed by atoms with van der Waals surface area (Å²) >= 11 is 6.05. The normalized spacial score (nSPS) is 26.5. The van der Waals surface area contributed by atoms with Gasteiger partial charge in [0.05, 0.1) is 0 Å². The summed E-state index contributed by atoms with van der Waals surface area (Å²) in [6, 6.07) is 0. The molecule has 0 spiro atoms. The molecule has 1 atom stereocenters. The van der Waals surface area contributed by atoms with Gasteiger partial charge in [-0.25, -0.2) is 0 Å². The first-order chi connectivity index (χ1) is 6.08. The summed E-state index contributed by atoms with van der Waals surface area (Å²) in [5.41, 5.74) is 6.65. The predicted molar refractivity (Wildman–Crippen MR) is 51.7 cm³/mol. The van der Waals surface area contributed by atoms with Crippen molar-refractivity contribution in [2.45, 2.75) is 18.4 Å². The average molecular weight is 201 g/mol. The van der Waals surface area contributed by atoms with Crippen LogP contribution in [-0.4, -0.2) is 16.2 Å². The van der Waals surface area contributed by atoms with E-state index in [4.69, 9.17) is 17.3 Å². The molecule has 0 saturated heterocycles. The van der Waals surface area contributed by atoms with Crippen LogP contribution in [0.4, 0.5) is 0 Å². The molecule has 4 heteroatoms. The van der Waals surface area contributed by atoms with Crippen molar-refractivity contribution in [1.82, 2.24) is 4.57 Å². The minimum atomic E-state index is -0.847. The van der Waals surface area contributed by atoms with Gasteiger partial charge in [-0.2, -0.15) is 0 Å². The molecular weight excluding hydrogens is 188 g/mol. The van der Waals surface area contributed by atoms with E-state index in [0.717, 1.165) is 22.7 Å². The Morgan fingerprint density at radius 3 is 3.08 bits per heavy atom. The molecule has 0 bridgehead atoms. The summed E-state index contributed by atoms with van der Waals surface area (Å²) < 4.78 is 1.83. The van der Waals surface area contributed by atoms with Crippen molar-refractivity contribution in [3.05, 3.63) is 22.5 Å². The molecule has 3 N–H and O–H groups in total. The zero-order valence-electron chi connectivity index (χ0n) is 7.55. The molecule has 0 fully saturated rings. The van der Waals surface area contributed by atoms with E-state index in [-0.39, 0.29) is 6.54 Å². The lowest BCUT2D eigenvalue weighted by molar-refractivity contribution is 0.0477. The van der Waals surface area contributed by atoms with Crippen molar-refractivity contribution in [1.29, 1.82) is 0 Å². The first-order valence-corrected chi connectivity index (χ1v) is 4.73. The van der Waals surface area contributed by atoms with Gasteiger partial charge in [0.15, 0.2) is 0 Å². The molecule has 2 rings (SSSR count). The number of nitrogens with two attached hydrogens (primary N) is 1. The van der Waals surface area contributed by atoms with Gasteiger partial charge < -0.3 is 15.4 Å². The third-order valence-corrected chi connectivity index (χ3v) is 3.33. The molecule has 3 nitrogen and oxygen atoms in total. The van der Waals surface area contributed by atoms with E-state index in [1.807, 2.05) is 17.8 Å². The van der Waals surface area contributed by atoms with Gasteiger partial charge in [-0.3, -0.25) is 0 Å². The first-order valence-electron chi connectivity index (χ1n) is 4.35. The number of rotatable bonds is 1. The fraction of sp³-hybridized carbons (Fsp3) is 0.556. The molecule has 0 saturated carbocycles. The molecule has 72 valence electrons. The SMILES string of the molecule is Cn1cc2c(c1Cl)CCC2(O)CN. The van der Waals surface area contributed by atoms with Gasteiger partial charge in [-0.1, -0.05) is 11.6 Å². The maximum atomic E-state index is 10.1. The molecule has 1 heterocycles. The van der Waals surface area contributed by atoms with Gasteiger partial charge in [0.2, 0.25) is 0 Å². The molecule has 0 aromatic carbocycles. The molecule has 1 aliphatic carbocycles. The summed E-state index contributed by atoms with van der Waals surface area (Å²) in [7, 11) is 1.87. The van der Waals surface area contributed by atoms with Crippen LogP contribution in [0.1, 0.15) is 17.5 Å². The van der Waals surface area contributed by atoms with E-state index in [9.17, 15) is 5.11 Å². The van der Waals surface area contributed by atoms with Crippen molar-refractivity contribution in [2.24, 2.45) is 12.8 Å². The molecule has 13 heavy (non-hydrogen) atoms. The Kier molecular flexibility index (Phi) is 1.91. The second-order valence-electron chi connectivity index (χ2n) is 3.66. The van der Waals surface area contributed by atoms with E-state index in [2.05, 4.69) is 0 Å². The summed E-state index contributed by atoms with van der Waals surface area (Å²) in [5.74, 6) is 0. The minimum Gasteiger partial charge on any atom is -0.384 e. The number of halogens is 1. The van der Waals surface area contributed by atoms with E-state index < -0.39 is 5.60 Å². The quantitative estimate of drug-likeness (QED) is 0.704. The predicted octanol–water partition coefficient (Wildman–Crippen LogP) is 0.771. The van der Waals surface area contributed by atoms with Gasteiger partial charge in [0.1, 0.15) is 10.8 Å². The lowest BCUT2D eigenvalue weighted by atomic mass is 9.99. The third kappa shape index (κ3) is 1.11. The first kappa shape index (κ1) is 9.06. The highest BCUT2D eigenvalue weighted by Gasteiger charge is 2.38. The smallest absolute Gasteiger partial charge is 0.112 e. The van der Waals surface area contributed by atoms with Crippen LogP contribution in [0, 0.1) is 0 Å². The van der Waals surface area contributed by atoms with Crippen LogP contribution in [0.25, 0.3) is 0 Å². The summed E-state index contributed by atoms with van der Waals surface area (Å²) in [5, 5.41) is 10.8. The molecule has 1 aliphatic rings. The van der Waals surface area contributed by atoms with E-state index in [1.165, 1.54) is 0 Å². The molecule has 1 aromatic rings. The van der Waals surface area contributed by atoms with Crippen LogP contribution in [0.5, 0.6) is 0 Å². The van der Waals surface area contributed by atoms with Crippen molar-refractivity contribution in [2.75, 3.05) is 6.54 Å². The maximum absolute atomic E-state index is 10.1. The second kappa shape index (κ2) is 2.74. The van der Waals surface area contributed by atoms with Crippen molar-refractivity contribution in [3.8, 4) is 0 Å². The monoisotopic (exact) mass is 200 g/mol. The van der Waals surface area contributed by atoms with Gasteiger partial charge in [-0.05, 0) is 18.4 Å². The van der Waals surface area contributed by atoms with Crippen LogP contribution in [0.15, 0.2) is 6.20 Å². The van der Waals surface area contributed by atoms with Crippen molar-refractivity contribution < 1.29 is 5.11 Å². The topological polar surface area (TPSA) is 51.2 Å². The molecule has 1 unspecified atom stereocenters. The highest BCUT2D eigenvalue weighted by molar-refractivity contribution is 6.30. The molecule has 0 radical (unpaired) electrons. The van der Waals surface area contributed by atoms with E-state index in [1.54, 1.807) is 0 Å². The molecule has 0 aliphatic heterocycles. The highest BCUT2D eigenvalue weighted by Crippen LogP contribution is 2.40. The second-order valence-corrected chi connectivity index (χ2v) is 4.02. The Bertz CT molecular complexity index is 348. The fourth-order valence-corrected chi connectivity index (χ4v) is 2.21. The Hall–Kier alpha value is -0.510. The van der Waals surface area contributed by atoms with Crippen LogP contribution >= 0.6 is 11.6 Å². The lowest BCUT2D eigenvalue weighted by Crippen LogP contribution is -2.32. The number of aliphatic hydroxyl groups is 1. The largest absolute Gasteiger partial charge is 0.384 e. The number of nitrogens with zero attached hydrogens (tertiary/aromatic N) is 1. The van der Waals surface area contributed by atoms with Crippen molar-refractivity contribution in [3.63, 3.8) is 0 Å². The summed E-state index contributed by atoms with van der Waals surface area (Å²) in [6.45, 7) is 0.264. The zero-order chi connectivity index (χ0) is 9.64. The van der Waals surface area contributed by atoms with Crippen LogP contribution in [0.3, 0.4) is 0 Å². The minimum absolute atomic E-state index is 0.264. The number of aryl methyl sites for hydroxylation is 1. The molecule has 0 amide bonds. The Labute approximate surface area is 82.1 Å². The summed E-state index contributed by atoms with van der Waals surface area (Å²) in [4.78, 5) is 0. The number of hydrogen-bond acceptors (Lipinski definition) is 2. The van der Waals surface area contributed by atoms with Crippen LogP contribution in [0.2, 0.25) is 5.15 Å². The number of hydrogen-bond donors (Lipinski definition) is 2. The standard InChI is InChI=1S/C9H13ClN2O/c1-12-4-7-6(8(12)10)2-3-9(7,13)5-11/h4,13H,2-3,5,11H2,1H3. The summed E-state index contributed by atoms with van der Waals surface area (Å²) in [6.07, 6.45) is 3.38.